The molecule has 3 nitrogen and oxygen atoms in total. The van der Waals surface area contributed by atoms with Crippen molar-refractivity contribution < 1.29 is 4.74 Å². The summed E-state index contributed by atoms with van der Waals surface area (Å²) in [5.74, 6) is 1.67. The van der Waals surface area contributed by atoms with Gasteiger partial charge in [0.2, 0.25) is 0 Å². The van der Waals surface area contributed by atoms with Gasteiger partial charge in [-0.15, -0.1) is 0 Å². The van der Waals surface area contributed by atoms with Gasteiger partial charge in [0, 0.05) is 33.3 Å². The van der Waals surface area contributed by atoms with E-state index in [4.69, 9.17) is 27.9 Å². The van der Waals surface area contributed by atoms with Crippen LogP contribution >= 0.6 is 23.2 Å². The maximum absolute atomic E-state index is 6.50. The third-order valence-electron chi connectivity index (χ3n) is 5.78. The van der Waals surface area contributed by atoms with Crippen LogP contribution in [0.25, 0.3) is 0 Å². The van der Waals surface area contributed by atoms with E-state index in [1.54, 1.807) is 0 Å². The highest BCUT2D eigenvalue weighted by Crippen LogP contribution is 2.38. The molecule has 0 bridgehead atoms. The molecule has 5 heteroatoms. The Morgan fingerprint density at radius 1 is 0.690 bits per heavy atom. The second-order valence-electron chi connectivity index (χ2n) is 7.26. The van der Waals surface area contributed by atoms with Crippen LogP contribution in [0.5, 0.6) is 11.5 Å². The zero-order chi connectivity index (χ0) is 21.6. The minimum atomic E-state index is 0.203. The van der Waals surface area contributed by atoms with Gasteiger partial charge in [-0.25, -0.2) is 0 Å². The van der Waals surface area contributed by atoms with Crippen molar-refractivity contribution in [3.05, 3.63) is 57.6 Å². The van der Waals surface area contributed by atoms with Gasteiger partial charge in [-0.3, -0.25) is 9.80 Å². The Balaban J connectivity index is 2.47. The zero-order valence-electron chi connectivity index (χ0n) is 18.5. The summed E-state index contributed by atoms with van der Waals surface area (Å²) in [6.45, 7) is 17.0. The summed E-state index contributed by atoms with van der Waals surface area (Å²) in [5, 5.41) is 1.44. The van der Waals surface area contributed by atoms with Gasteiger partial charge >= 0.3 is 0 Å². The molecule has 0 aliphatic rings. The van der Waals surface area contributed by atoms with Crippen molar-refractivity contribution >= 4 is 23.2 Å². The summed E-state index contributed by atoms with van der Waals surface area (Å²) in [4.78, 5) is 4.78. The Morgan fingerprint density at radius 2 is 1.03 bits per heavy atom. The van der Waals surface area contributed by atoms with E-state index >= 15 is 0 Å². The molecular formula is C24H34Cl2N2O. The lowest BCUT2D eigenvalue weighted by atomic mass is 10.0. The van der Waals surface area contributed by atoms with Gasteiger partial charge in [0.25, 0.3) is 0 Å². The number of ether oxygens (including phenoxy) is 1. The fourth-order valence-electron chi connectivity index (χ4n) is 3.93. The van der Waals surface area contributed by atoms with Gasteiger partial charge in [0.15, 0.2) is 0 Å². The van der Waals surface area contributed by atoms with Crippen molar-refractivity contribution in [3.8, 4) is 11.5 Å². The molecule has 2 rings (SSSR count). The second kappa shape index (κ2) is 11.2. The number of nitrogens with zero attached hydrogens (tertiary/aromatic N) is 2. The highest BCUT2D eigenvalue weighted by molar-refractivity contribution is 6.31. The monoisotopic (exact) mass is 436 g/mol. The molecule has 2 aromatic rings. The standard InChI is InChI=1S/C24H34Cl2N2O/c1-7-27(8-2)17(5)21-15-19(25)11-13-23(21)29-24-14-12-20(26)16-22(24)18(6)28(9-3)10-4/h11-18H,7-10H2,1-6H3. The number of benzene rings is 2. The summed E-state index contributed by atoms with van der Waals surface area (Å²) in [6.07, 6.45) is 0. The van der Waals surface area contributed by atoms with Crippen LogP contribution in [0.4, 0.5) is 0 Å². The Morgan fingerprint density at radius 3 is 1.34 bits per heavy atom. The summed E-state index contributed by atoms with van der Waals surface area (Å²) in [7, 11) is 0. The molecule has 29 heavy (non-hydrogen) atoms. The Hall–Kier alpha value is -1.26. The van der Waals surface area contributed by atoms with Crippen molar-refractivity contribution in [2.75, 3.05) is 26.2 Å². The molecule has 0 aliphatic carbocycles. The van der Waals surface area contributed by atoms with Gasteiger partial charge in [0.05, 0.1) is 0 Å². The lowest BCUT2D eigenvalue weighted by Crippen LogP contribution is -2.27. The Kier molecular flexibility index (Phi) is 9.29. The second-order valence-corrected chi connectivity index (χ2v) is 8.13. The Labute approximate surface area is 186 Å². The van der Waals surface area contributed by atoms with Crippen LogP contribution < -0.4 is 4.74 Å². The predicted molar refractivity (Wildman–Crippen MR) is 126 cm³/mol. The van der Waals surface area contributed by atoms with Crippen molar-refractivity contribution in [1.29, 1.82) is 0 Å². The number of rotatable bonds is 10. The molecule has 0 heterocycles. The highest BCUT2D eigenvalue weighted by atomic mass is 35.5. The smallest absolute Gasteiger partial charge is 0.132 e. The molecule has 0 saturated heterocycles. The SMILES string of the molecule is CCN(CC)C(C)c1cc(Cl)ccc1Oc1ccc(Cl)cc1C(C)N(CC)CC. The lowest BCUT2D eigenvalue weighted by molar-refractivity contribution is 0.226. The zero-order valence-corrected chi connectivity index (χ0v) is 20.0. The van der Waals surface area contributed by atoms with Gasteiger partial charge < -0.3 is 4.74 Å². The topological polar surface area (TPSA) is 15.7 Å². The van der Waals surface area contributed by atoms with Crippen molar-refractivity contribution in [1.82, 2.24) is 9.80 Å². The lowest BCUT2D eigenvalue weighted by Gasteiger charge is -2.30. The van der Waals surface area contributed by atoms with Gasteiger partial charge in [-0.05, 0) is 76.4 Å². The normalized spacial score (nSPS) is 13.7. The average Bonchev–Trinajstić information content (AvgIpc) is 2.72. The average molecular weight is 437 g/mol. The molecule has 0 radical (unpaired) electrons. The molecule has 0 aliphatic heterocycles. The summed E-state index contributed by atoms with van der Waals surface area (Å²) in [5.41, 5.74) is 2.19. The van der Waals surface area contributed by atoms with Crippen LogP contribution in [-0.2, 0) is 0 Å². The first-order valence-corrected chi connectivity index (χ1v) is 11.4. The maximum Gasteiger partial charge on any atom is 0.132 e. The van der Waals surface area contributed by atoms with E-state index in [9.17, 15) is 0 Å². The minimum Gasteiger partial charge on any atom is -0.457 e. The van der Waals surface area contributed by atoms with E-state index in [1.165, 1.54) is 0 Å². The predicted octanol–water partition coefficient (Wildman–Crippen LogP) is 7.59. The highest BCUT2D eigenvalue weighted by Gasteiger charge is 2.21. The molecule has 0 saturated carbocycles. The molecule has 160 valence electrons. The molecule has 0 amide bonds. The summed E-state index contributed by atoms with van der Waals surface area (Å²) < 4.78 is 6.50. The van der Waals surface area contributed by atoms with Crippen LogP contribution in [0.15, 0.2) is 36.4 Å². The van der Waals surface area contributed by atoms with Gasteiger partial charge in [0.1, 0.15) is 11.5 Å². The number of halogens is 2. The van der Waals surface area contributed by atoms with Gasteiger partial charge in [-0.1, -0.05) is 50.9 Å². The van der Waals surface area contributed by atoms with E-state index in [1.807, 2.05) is 36.4 Å². The fourth-order valence-corrected chi connectivity index (χ4v) is 4.29. The van der Waals surface area contributed by atoms with E-state index in [0.29, 0.717) is 0 Å². The van der Waals surface area contributed by atoms with Crippen LogP contribution in [0.1, 0.15) is 64.8 Å². The quantitative estimate of drug-likeness (QED) is 0.381. The molecule has 0 spiro atoms. The maximum atomic E-state index is 6.50. The van der Waals surface area contributed by atoms with E-state index in [0.717, 1.165) is 58.9 Å². The molecule has 2 unspecified atom stereocenters. The van der Waals surface area contributed by atoms with Crippen molar-refractivity contribution in [2.24, 2.45) is 0 Å². The first kappa shape index (κ1) is 24.0. The molecule has 2 atom stereocenters. The molecule has 2 aromatic carbocycles. The van der Waals surface area contributed by atoms with Crippen molar-refractivity contribution in [3.63, 3.8) is 0 Å². The minimum absolute atomic E-state index is 0.203. The molecule has 0 N–H and O–H groups in total. The largest absolute Gasteiger partial charge is 0.457 e. The van der Waals surface area contributed by atoms with E-state index < -0.39 is 0 Å². The van der Waals surface area contributed by atoms with E-state index in [-0.39, 0.29) is 12.1 Å². The van der Waals surface area contributed by atoms with Crippen LogP contribution in [0.3, 0.4) is 0 Å². The van der Waals surface area contributed by atoms with Crippen molar-refractivity contribution in [2.45, 2.75) is 53.6 Å². The molecular weight excluding hydrogens is 403 g/mol. The van der Waals surface area contributed by atoms with E-state index in [2.05, 4.69) is 51.3 Å². The van der Waals surface area contributed by atoms with Gasteiger partial charge in [-0.2, -0.15) is 0 Å². The first-order chi connectivity index (χ1) is 13.9. The molecule has 0 fully saturated rings. The fraction of sp³-hybridized carbons (Fsp3) is 0.500. The Bertz CT molecular complexity index is 723. The van der Waals surface area contributed by atoms with Crippen LogP contribution in [0.2, 0.25) is 10.0 Å². The third-order valence-corrected chi connectivity index (χ3v) is 6.25. The number of hydrogen-bond donors (Lipinski definition) is 0. The summed E-state index contributed by atoms with van der Waals surface area (Å²) in [6, 6.07) is 12.2. The molecule has 0 aromatic heterocycles. The third kappa shape index (κ3) is 5.88. The van der Waals surface area contributed by atoms with Crippen LogP contribution in [0, 0.1) is 0 Å². The first-order valence-electron chi connectivity index (χ1n) is 10.6. The number of hydrogen-bond acceptors (Lipinski definition) is 3. The summed E-state index contributed by atoms with van der Waals surface area (Å²) >= 11 is 12.7. The van der Waals surface area contributed by atoms with Crippen LogP contribution in [-0.4, -0.2) is 36.0 Å².